The number of aryl methyl sites for hydroxylation is 1. The Morgan fingerprint density at radius 1 is 1.39 bits per heavy atom. The van der Waals surface area contributed by atoms with E-state index >= 15 is 0 Å². The molecule has 0 heterocycles. The highest BCUT2D eigenvalue weighted by atomic mass is 16.5. The number of nitrogens with one attached hydrogen (secondary N) is 1. The summed E-state index contributed by atoms with van der Waals surface area (Å²) in [6.07, 6.45) is -0.663. The SMILES string of the molecule is CCOC(=O)CC(O)CNCc1ccc(C)cc1. The molecule has 4 heteroatoms. The second kappa shape index (κ2) is 7.84. The molecule has 1 aromatic rings. The first-order chi connectivity index (χ1) is 8.61. The highest BCUT2D eigenvalue weighted by Crippen LogP contribution is 2.02. The molecule has 100 valence electrons. The quantitative estimate of drug-likeness (QED) is 0.719. The minimum atomic E-state index is -0.700. The van der Waals surface area contributed by atoms with Gasteiger partial charge in [0.05, 0.1) is 19.1 Å². The van der Waals surface area contributed by atoms with Crippen LogP contribution in [0.1, 0.15) is 24.5 Å². The summed E-state index contributed by atoms with van der Waals surface area (Å²) in [5, 5.41) is 12.7. The number of rotatable bonds is 7. The molecule has 1 atom stereocenters. The monoisotopic (exact) mass is 251 g/mol. The molecule has 0 amide bonds. The Morgan fingerprint density at radius 3 is 2.67 bits per heavy atom. The second-order valence-corrected chi connectivity index (χ2v) is 4.28. The van der Waals surface area contributed by atoms with Gasteiger partial charge in [-0.15, -0.1) is 0 Å². The van der Waals surface area contributed by atoms with Crippen molar-refractivity contribution in [2.45, 2.75) is 32.9 Å². The van der Waals surface area contributed by atoms with Gasteiger partial charge in [-0.05, 0) is 19.4 Å². The predicted octanol–water partition coefficient (Wildman–Crippen LogP) is 1.40. The van der Waals surface area contributed by atoms with Crippen molar-refractivity contribution in [3.8, 4) is 0 Å². The Balaban J connectivity index is 2.21. The number of aliphatic hydroxyl groups excluding tert-OH is 1. The molecule has 1 rings (SSSR count). The summed E-state index contributed by atoms with van der Waals surface area (Å²) < 4.78 is 4.76. The van der Waals surface area contributed by atoms with Crippen molar-refractivity contribution in [1.82, 2.24) is 5.32 Å². The maximum atomic E-state index is 11.1. The highest BCUT2D eigenvalue weighted by Gasteiger charge is 2.10. The van der Waals surface area contributed by atoms with Crippen molar-refractivity contribution in [3.63, 3.8) is 0 Å². The van der Waals surface area contributed by atoms with Crippen molar-refractivity contribution in [2.75, 3.05) is 13.2 Å². The van der Waals surface area contributed by atoms with Gasteiger partial charge in [-0.1, -0.05) is 29.8 Å². The molecule has 4 nitrogen and oxygen atoms in total. The van der Waals surface area contributed by atoms with E-state index < -0.39 is 6.10 Å². The molecule has 2 N–H and O–H groups in total. The van der Waals surface area contributed by atoms with E-state index in [-0.39, 0.29) is 12.4 Å². The van der Waals surface area contributed by atoms with Crippen LogP contribution in [0.4, 0.5) is 0 Å². The average Bonchev–Trinajstić information content (AvgIpc) is 2.32. The van der Waals surface area contributed by atoms with E-state index in [0.29, 0.717) is 19.7 Å². The third-order valence-corrected chi connectivity index (χ3v) is 2.54. The van der Waals surface area contributed by atoms with E-state index in [0.717, 1.165) is 5.56 Å². The summed E-state index contributed by atoms with van der Waals surface area (Å²) in [7, 11) is 0. The average molecular weight is 251 g/mol. The number of aliphatic hydroxyl groups is 1. The van der Waals surface area contributed by atoms with Gasteiger partial charge in [0.15, 0.2) is 0 Å². The van der Waals surface area contributed by atoms with Gasteiger partial charge in [-0.3, -0.25) is 4.79 Å². The molecule has 1 aromatic carbocycles. The number of ether oxygens (including phenoxy) is 1. The summed E-state index contributed by atoms with van der Waals surface area (Å²) in [6, 6.07) is 8.18. The minimum absolute atomic E-state index is 0.0364. The fraction of sp³-hybridized carbons (Fsp3) is 0.500. The number of hydrogen-bond acceptors (Lipinski definition) is 4. The van der Waals surface area contributed by atoms with Crippen LogP contribution in [-0.2, 0) is 16.1 Å². The summed E-state index contributed by atoms with van der Waals surface area (Å²) in [5.41, 5.74) is 2.38. The lowest BCUT2D eigenvalue weighted by Gasteiger charge is -2.11. The zero-order chi connectivity index (χ0) is 13.4. The molecule has 0 saturated carbocycles. The van der Waals surface area contributed by atoms with Crippen LogP contribution in [0.3, 0.4) is 0 Å². The molecule has 0 radical (unpaired) electrons. The lowest BCUT2D eigenvalue weighted by atomic mass is 10.1. The Labute approximate surface area is 108 Å². The van der Waals surface area contributed by atoms with E-state index in [1.807, 2.05) is 31.2 Å². The molecule has 18 heavy (non-hydrogen) atoms. The first-order valence-corrected chi connectivity index (χ1v) is 6.21. The van der Waals surface area contributed by atoms with Gasteiger partial charge >= 0.3 is 5.97 Å². The molecule has 0 aliphatic carbocycles. The lowest BCUT2D eigenvalue weighted by Crippen LogP contribution is -2.29. The van der Waals surface area contributed by atoms with Crippen molar-refractivity contribution in [1.29, 1.82) is 0 Å². The molecule has 0 saturated heterocycles. The molecule has 0 aliphatic rings. The van der Waals surface area contributed by atoms with Gasteiger partial charge in [0.25, 0.3) is 0 Å². The van der Waals surface area contributed by atoms with Gasteiger partial charge in [0, 0.05) is 13.1 Å². The van der Waals surface area contributed by atoms with Crippen LogP contribution >= 0.6 is 0 Å². The molecule has 1 unspecified atom stereocenters. The van der Waals surface area contributed by atoms with Crippen LogP contribution in [0.25, 0.3) is 0 Å². The number of esters is 1. The fourth-order valence-corrected chi connectivity index (χ4v) is 1.57. The number of carbonyl (C=O) groups excluding carboxylic acids is 1. The van der Waals surface area contributed by atoms with Gasteiger partial charge in [-0.25, -0.2) is 0 Å². The van der Waals surface area contributed by atoms with E-state index in [4.69, 9.17) is 4.74 Å². The minimum Gasteiger partial charge on any atom is -0.466 e. The van der Waals surface area contributed by atoms with Crippen molar-refractivity contribution in [2.24, 2.45) is 0 Å². The summed E-state index contributed by atoms with van der Waals surface area (Å²) in [5.74, 6) is -0.359. The fourth-order valence-electron chi connectivity index (χ4n) is 1.57. The molecule has 0 spiro atoms. The summed E-state index contributed by atoms with van der Waals surface area (Å²) in [4.78, 5) is 11.1. The van der Waals surface area contributed by atoms with E-state index in [1.54, 1.807) is 6.92 Å². The molecule has 0 aliphatic heterocycles. The van der Waals surface area contributed by atoms with Crippen molar-refractivity contribution < 1.29 is 14.6 Å². The summed E-state index contributed by atoms with van der Waals surface area (Å²) >= 11 is 0. The van der Waals surface area contributed by atoms with E-state index in [1.165, 1.54) is 5.56 Å². The number of hydrogen-bond donors (Lipinski definition) is 2. The smallest absolute Gasteiger partial charge is 0.308 e. The lowest BCUT2D eigenvalue weighted by molar-refractivity contribution is -0.145. The van der Waals surface area contributed by atoms with Gasteiger partial charge in [0.2, 0.25) is 0 Å². The molecule has 0 bridgehead atoms. The van der Waals surface area contributed by atoms with E-state index in [2.05, 4.69) is 5.32 Å². The maximum Gasteiger partial charge on any atom is 0.308 e. The Kier molecular flexibility index (Phi) is 6.39. The highest BCUT2D eigenvalue weighted by molar-refractivity contribution is 5.69. The van der Waals surface area contributed by atoms with E-state index in [9.17, 15) is 9.90 Å². The zero-order valence-electron chi connectivity index (χ0n) is 11.0. The molecular weight excluding hydrogens is 230 g/mol. The Hall–Kier alpha value is -1.39. The number of carbonyl (C=O) groups is 1. The largest absolute Gasteiger partial charge is 0.466 e. The van der Waals surface area contributed by atoms with Gasteiger partial charge in [-0.2, -0.15) is 0 Å². The van der Waals surface area contributed by atoms with Crippen LogP contribution < -0.4 is 5.32 Å². The first-order valence-electron chi connectivity index (χ1n) is 6.21. The summed E-state index contributed by atoms with van der Waals surface area (Å²) in [6.45, 7) is 5.20. The van der Waals surface area contributed by atoms with Crippen LogP contribution in [0, 0.1) is 6.92 Å². The first kappa shape index (κ1) is 14.7. The third kappa shape index (κ3) is 5.80. The zero-order valence-corrected chi connectivity index (χ0v) is 11.0. The Bertz CT molecular complexity index is 362. The second-order valence-electron chi connectivity index (χ2n) is 4.28. The standard InChI is InChI=1S/C14H21NO3/c1-3-18-14(17)8-13(16)10-15-9-12-6-4-11(2)5-7-12/h4-7,13,15-16H,3,8-10H2,1-2H3. The third-order valence-electron chi connectivity index (χ3n) is 2.54. The van der Waals surface area contributed by atoms with Crippen LogP contribution in [0.2, 0.25) is 0 Å². The van der Waals surface area contributed by atoms with Gasteiger partial charge in [0.1, 0.15) is 0 Å². The molecular formula is C14H21NO3. The number of benzene rings is 1. The van der Waals surface area contributed by atoms with Crippen LogP contribution in [-0.4, -0.2) is 30.3 Å². The topological polar surface area (TPSA) is 58.6 Å². The van der Waals surface area contributed by atoms with Crippen LogP contribution in [0.5, 0.6) is 0 Å². The van der Waals surface area contributed by atoms with Gasteiger partial charge < -0.3 is 15.2 Å². The normalized spacial score (nSPS) is 12.2. The predicted molar refractivity (Wildman–Crippen MR) is 70.1 cm³/mol. The van der Waals surface area contributed by atoms with Crippen molar-refractivity contribution in [3.05, 3.63) is 35.4 Å². The van der Waals surface area contributed by atoms with Crippen LogP contribution in [0.15, 0.2) is 24.3 Å². The van der Waals surface area contributed by atoms with Crippen molar-refractivity contribution >= 4 is 5.97 Å². The molecule has 0 fully saturated rings. The molecule has 0 aromatic heterocycles. The Morgan fingerprint density at radius 2 is 2.06 bits per heavy atom. The maximum absolute atomic E-state index is 11.1.